The lowest BCUT2D eigenvalue weighted by atomic mass is 10.0. The Bertz CT molecular complexity index is 565. The minimum Gasteiger partial charge on any atom is -0.326 e. The predicted octanol–water partition coefficient (Wildman–Crippen LogP) is 8.33. The minimum atomic E-state index is 0.563. The average molecular weight is 366 g/mol. The summed E-state index contributed by atoms with van der Waals surface area (Å²) in [7, 11) is 0. The maximum absolute atomic E-state index is 6.27. The van der Waals surface area contributed by atoms with Gasteiger partial charge in [0.1, 0.15) is 0 Å². The SMILES string of the molecule is CC.CCC.Cc1cccc(SNc2ccc(C(C)C)cc2)c1Cl. The molecule has 0 aliphatic rings. The molecule has 134 valence electrons. The highest BCUT2D eigenvalue weighted by Gasteiger charge is 2.04. The summed E-state index contributed by atoms with van der Waals surface area (Å²) in [4.78, 5) is 1.05. The number of hydrogen-bond acceptors (Lipinski definition) is 2. The van der Waals surface area contributed by atoms with E-state index < -0.39 is 0 Å². The van der Waals surface area contributed by atoms with Gasteiger partial charge >= 0.3 is 0 Å². The molecule has 0 aromatic heterocycles. The molecule has 0 amide bonds. The molecule has 2 rings (SSSR count). The molecule has 1 N–H and O–H groups in total. The molecule has 1 nitrogen and oxygen atoms in total. The van der Waals surface area contributed by atoms with Crippen LogP contribution in [-0.2, 0) is 0 Å². The van der Waals surface area contributed by atoms with Crippen molar-refractivity contribution in [2.45, 2.75) is 65.7 Å². The van der Waals surface area contributed by atoms with Gasteiger partial charge in [-0.05, 0) is 54.1 Å². The Balaban J connectivity index is 0.000000952. The van der Waals surface area contributed by atoms with Crippen LogP contribution in [0.15, 0.2) is 47.4 Å². The van der Waals surface area contributed by atoms with Crippen LogP contribution in [0.3, 0.4) is 0 Å². The van der Waals surface area contributed by atoms with Crippen molar-refractivity contribution < 1.29 is 0 Å². The first-order chi connectivity index (χ1) is 11.5. The van der Waals surface area contributed by atoms with Gasteiger partial charge < -0.3 is 4.72 Å². The van der Waals surface area contributed by atoms with Crippen LogP contribution < -0.4 is 4.72 Å². The highest BCUT2D eigenvalue weighted by Crippen LogP contribution is 2.30. The molecule has 2 aromatic carbocycles. The fourth-order valence-corrected chi connectivity index (χ4v) is 2.75. The smallest absolute Gasteiger partial charge is 0.0588 e. The van der Waals surface area contributed by atoms with Crippen LogP contribution in [0.5, 0.6) is 0 Å². The highest BCUT2D eigenvalue weighted by molar-refractivity contribution is 8.00. The normalized spacial score (nSPS) is 9.54. The summed E-state index contributed by atoms with van der Waals surface area (Å²) in [6.07, 6.45) is 1.25. The van der Waals surface area contributed by atoms with E-state index in [2.05, 4.69) is 56.7 Å². The van der Waals surface area contributed by atoms with E-state index in [0.29, 0.717) is 5.92 Å². The van der Waals surface area contributed by atoms with Crippen LogP contribution in [0.2, 0.25) is 5.02 Å². The van der Waals surface area contributed by atoms with Crippen molar-refractivity contribution in [1.82, 2.24) is 0 Å². The summed E-state index contributed by atoms with van der Waals surface area (Å²) in [5.74, 6) is 0.563. The van der Waals surface area contributed by atoms with E-state index in [0.717, 1.165) is 21.2 Å². The van der Waals surface area contributed by atoms with Gasteiger partial charge in [-0.3, -0.25) is 0 Å². The van der Waals surface area contributed by atoms with Crippen molar-refractivity contribution >= 4 is 29.2 Å². The number of benzene rings is 2. The van der Waals surface area contributed by atoms with Crippen LogP contribution in [0.1, 0.15) is 65.0 Å². The van der Waals surface area contributed by atoms with Crippen molar-refractivity contribution in [3.63, 3.8) is 0 Å². The van der Waals surface area contributed by atoms with E-state index >= 15 is 0 Å². The predicted molar refractivity (Wildman–Crippen MR) is 114 cm³/mol. The quantitative estimate of drug-likeness (QED) is 0.546. The number of rotatable bonds is 4. The van der Waals surface area contributed by atoms with Crippen LogP contribution in [0.4, 0.5) is 5.69 Å². The molecule has 0 spiro atoms. The Labute approximate surface area is 158 Å². The molecule has 2 aromatic rings. The zero-order valence-electron chi connectivity index (χ0n) is 16.1. The number of hydrogen-bond donors (Lipinski definition) is 1. The molecule has 0 fully saturated rings. The lowest BCUT2D eigenvalue weighted by molar-refractivity contribution is 0.867. The largest absolute Gasteiger partial charge is 0.326 e. The Morgan fingerprint density at radius 2 is 1.54 bits per heavy atom. The summed E-state index contributed by atoms with van der Waals surface area (Å²) < 4.78 is 3.33. The van der Waals surface area contributed by atoms with E-state index in [1.165, 1.54) is 12.0 Å². The van der Waals surface area contributed by atoms with Crippen molar-refractivity contribution in [3.8, 4) is 0 Å². The summed E-state index contributed by atoms with van der Waals surface area (Å²) in [6.45, 7) is 14.7. The molecule has 0 unspecified atom stereocenters. The first-order valence-corrected chi connectivity index (χ1v) is 9.96. The molecule has 0 aliphatic carbocycles. The summed E-state index contributed by atoms with van der Waals surface area (Å²) in [5, 5.41) is 0.818. The van der Waals surface area contributed by atoms with Gasteiger partial charge in [0.05, 0.1) is 5.02 Å². The topological polar surface area (TPSA) is 12.0 Å². The third-order valence-corrected chi connectivity index (χ3v) is 4.52. The fourth-order valence-electron chi connectivity index (χ4n) is 1.75. The Morgan fingerprint density at radius 1 is 1.00 bits per heavy atom. The maximum Gasteiger partial charge on any atom is 0.0588 e. The molecule has 0 heterocycles. The van der Waals surface area contributed by atoms with E-state index in [1.807, 2.05) is 39.0 Å². The van der Waals surface area contributed by atoms with Crippen molar-refractivity contribution in [2.24, 2.45) is 0 Å². The minimum absolute atomic E-state index is 0.563. The number of nitrogens with one attached hydrogen (secondary N) is 1. The Hall–Kier alpha value is -1.12. The maximum atomic E-state index is 6.27. The zero-order valence-corrected chi connectivity index (χ0v) is 17.7. The Kier molecular flexibility index (Phi) is 12.6. The summed E-state index contributed by atoms with van der Waals surface area (Å²) in [5.41, 5.74) is 3.54. The van der Waals surface area contributed by atoms with Gasteiger partial charge in [-0.25, -0.2) is 0 Å². The highest BCUT2D eigenvalue weighted by atomic mass is 35.5. The second-order valence-electron chi connectivity index (χ2n) is 5.57. The zero-order chi connectivity index (χ0) is 18.5. The number of aryl methyl sites for hydroxylation is 1. The molecule has 0 atom stereocenters. The van der Waals surface area contributed by atoms with Crippen LogP contribution in [-0.4, -0.2) is 0 Å². The van der Waals surface area contributed by atoms with Crippen molar-refractivity contribution in [1.29, 1.82) is 0 Å². The summed E-state index contributed by atoms with van der Waals surface area (Å²) >= 11 is 7.81. The van der Waals surface area contributed by atoms with Gasteiger partial charge in [-0.1, -0.05) is 83.8 Å². The van der Waals surface area contributed by atoms with Crippen LogP contribution in [0.25, 0.3) is 0 Å². The molecule has 0 bridgehead atoms. The standard InChI is InChI=1S/C16H18ClNS.C3H8.C2H6/c1-11(2)13-7-9-14(10-8-13)18-19-15-6-4-5-12(3)16(15)17;1-3-2;1-2/h4-11,18H,1-3H3;3H2,1-2H3;1-2H3. The third-order valence-electron chi connectivity index (χ3n) is 3.01. The average Bonchev–Trinajstić information content (AvgIpc) is 2.59. The molecule has 24 heavy (non-hydrogen) atoms. The second kappa shape index (κ2) is 13.2. The van der Waals surface area contributed by atoms with Gasteiger partial charge in [0.2, 0.25) is 0 Å². The van der Waals surface area contributed by atoms with E-state index in [9.17, 15) is 0 Å². The molecule has 0 saturated carbocycles. The van der Waals surface area contributed by atoms with Crippen molar-refractivity contribution in [2.75, 3.05) is 4.72 Å². The van der Waals surface area contributed by atoms with Gasteiger partial charge in [0, 0.05) is 10.6 Å². The van der Waals surface area contributed by atoms with E-state index in [-0.39, 0.29) is 0 Å². The lowest BCUT2D eigenvalue weighted by Crippen LogP contribution is -1.90. The number of halogens is 1. The Morgan fingerprint density at radius 3 is 2.04 bits per heavy atom. The molecule has 0 radical (unpaired) electrons. The van der Waals surface area contributed by atoms with Gasteiger partial charge in [0.15, 0.2) is 0 Å². The van der Waals surface area contributed by atoms with Gasteiger partial charge in [-0.2, -0.15) is 0 Å². The molecular formula is C21H32ClNS. The lowest BCUT2D eigenvalue weighted by Gasteiger charge is -2.10. The number of anilines is 1. The van der Waals surface area contributed by atoms with Crippen LogP contribution in [0, 0.1) is 6.92 Å². The fraction of sp³-hybridized carbons (Fsp3) is 0.429. The first-order valence-electron chi connectivity index (χ1n) is 8.77. The molecule has 0 aliphatic heterocycles. The monoisotopic (exact) mass is 365 g/mol. The van der Waals surface area contributed by atoms with Crippen molar-refractivity contribution in [3.05, 3.63) is 58.6 Å². The van der Waals surface area contributed by atoms with Gasteiger partial charge in [-0.15, -0.1) is 0 Å². The molecule has 0 saturated heterocycles. The van der Waals surface area contributed by atoms with E-state index in [1.54, 1.807) is 11.9 Å². The summed E-state index contributed by atoms with van der Waals surface area (Å²) in [6, 6.07) is 14.6. The first kappa shape index (κ1) is 22.9. The van der Waals surface area contributed by atoms with Crippen LogP contribution >= 0.6 is 23.5 Å². The van der Waals surface area contributed by atoms with Gasteiger partial charge in [0.25, 0.3) is 0 Å². The molecular weight excluding hydrogens is 334 g/mol. The molecule has 3 heteroatoms. The second-order valence-corrected chi connectivity index (χ2v) is 6.80. The third kappa shape index (κ3) is 8.12. The van der Waals surface area contributed by atoms with E-state index in [4.69, 9.17) is 11.6 Å².